The molecular weight excluding hydrogens is 303 g/mol. The fourth-order valence-corrected chi connectivity index (χ4v) is 2.66. The number of phenols is 1. The number of sulfonamides is 1. The summed E-state index contributed by atoms with van der Waals surface area (Å²) in [5.74, 6) is -1.34. The Labute approximate surface area is 118 Å². The highest BCUT2D eigenvalue weighted by molar-refractivity contribution is 7.92. The Balaban J connectivity index is 2.35. The lowest BCUT2D eigenvalue weighted by molar-refractivity contribution is -0.384. The molecule has 2 N–H and O–H groups in total. The molecule has 0 amide bonds. The second kappa shape index (κ2) is 5.37. The molecule has 0 aliphatic rings. The van der Waals surface area contributed by atoms with Crippen LogP contribution >= 0.6 is 0 Å². The van der Waals surface area contributed by atoms with Gasteiger partial charge in [0, 0.05) is 6.07 Å². The zero-order valence-corrected chi connectivity index (χ0v) is 11.2. The van der Waals surface area contributed by atoms with Crippen molar-refractivity contribution in [3.63, 3.8) is 0 Å². The zero-order chi connectivity index (χ0) is 15.6. The number of nitrogens with one attached hydrogen (secondary N) is 1. The molecule has 9 heteroatoms. The van der Waals surface area contributed by atoms with Crippen LogP contribution in [0.4, 0.5) is 15.8 Å². The van der Waals surface area contributed by atoms with E-state index in [4.69, 9.17) is 0 Å². The minimum absolute atomic E-state index is 0.245. The molecule has 0 unspecified atom stereocenters. The van der Waals surface area contributed by atoms with Crippen molar-refractivity contribution >= 4 is 21.4 Å². The number of nitro groups is 1. The second-order valence-electron chi connectivity index (χ2n) is 4.02. The van der Waals surface area contributed by atoms with E-state index in [1.54, 1.807) is 0 Å². The molecule has 0 atom stereocenters. The molecule has 0 saturated carbocycles. The van der Waals surface area contributed by atoms with E-state index in [2.05, 4.69) is 0 Å². The van der Waals surface area contributed by atoms with Crippen molar-refractivity contribution in [2.45, 2.75) is 4.90 Å². The number of anilines is 1. The fourth-order valence-electron chi connectivity index (χ4n) is 1.56. The minimum Gasteiger partial charge on any atom is -0.505 e. The summed E-state index contributed by atoms with van der Waals surface area (Å²) in [5.41, 5.74) is -0.633. The monoisotopic (exact) mass is 312 g/mol. The highest BCUT2D eigenvalue weighted by Crippen LogP contribution is 2.29. The predicted molar refractivity (Wildman–Crippen MR) is 72.0 cm³/mol. The molecule has 0 aromatic heterocycles. The van der Waals surface area contributed by atoms with Crippen LogP contribution < -0.4 is 4.72 Å². The smallest absolute Gasteiger partial charge is 0.273 e. The summed E-state index contributed by atoms with van der Waals surface area (Å²) in [6, 6.07) is 7.18. The van der Waals surface area contributed by atoms with Gasteiger partial charge in [0.2, 0.25) is 0 Å². The first kappa shape index (κ1) is 14.7. The van der Waals surface area contributed by atoms with Gasteiger partial charge in [0.15, 0.2) is 0 Å². The molecule has 0 heterocycles. The number of aromatic hydroxyl groups is 1. The zero-order valence-electron chi connectivity index (χ0n) is 10.4. The van der Waals surface area contributed by atoms with E-state index in [1.807, 2.05) is 4.72 Å². The van der Waals surface area contributed by atoms with Crippen LogP contribution in [0.25, 0.3) is 0 Å². The lowest BCUT2D eigenvalue weighted by atomic mass is 10.2. The molecule has 2 aromatic carbocycles. The summed E-state index contributed by atoms with van der Waals surface area (Å²) in [5, 5.41) is 20.1. The van der Waals surface area contributed by atoms with E-state index in [0.29, 0.717) is 0 Å². The van der Waals surface area contributed by atoms with Gasteiger partial charge in [0.1, 0.15) is 11.6 Å². The highest BCUT2D eigenvalue weighted by Gasteiger charge is 2.18. The summed E-state index contributed by atoms with van der Waals surface area (Å²) in [7, 11) is -4.11. The third-order valence-electron chi connectivity index (χ3n) is 2.54. The Bertz CT molecular complexity index is 807. The Hall–Kier alpha value is -2.68. The van der Waals surface area contributed by atoms with Crippen molar-refractivity contribution in [1.29, 1.82) is 0 Å². The molecular formula is C12H9FN2O5S. The van der Waals surface area contributed by atoms with Crippen molar-refractivity contribution in [2.75, 3.05) is 4.72 Å². The van der Waals surface area contributed by atoms with E-state index in [1.165, 1.54) is 12.1 Å². The average molecular weight is 312 g/mol. The summed E-state index contributed by atoms with van der Waals surface area (Å²) >= 11 is 0. The Morgan fingerprint density at radius 3 is 2.48 bits per heavy atom. The largest absolute Gasteiger partial charge is 0.505 e. The molecule has 2 aromatic rings. The first-order valence-electron chi connectivity index (χ1n) is 5.55. The maximum Gasteiger partial charge on any atom is 0.273 e. The van der Waals surface area contributed by atoms with Crippen LogP contribution in [0.2, 0.25) is 0 Å². The molecule has 110 valence electrons. The molecule has 0 saturated heterocycles. The third kappa shape index (κ3) is 3.26. The van der Waals surface area contributed by atoms with Crippen LogP contribution in [-0.2, 0) is 10.0 Å². The van der Waals surface area contributed by atoms with Gasteiger partial charge in [0.25, 0.3) is 15.7 Å². The van der Waals surface area contributed by atoms with Crippen molar-refractivity contribution in [1.82, 2.24) is 0 Å². The van der Waals surface area contributed by atoms with Crippen molar-refractivity contribution in [2.24, 2.45) is 0 Å². The number of nitrogens with zero attached hydrogens (tertiary/aromatic N) is 1. The van der Waals surface area contributed by atoms with Crippen molar-refractivity contribution in [3.05, 3.63) is 58.4 Å². The molecule has 0 radical (unpaired) electrons. The number of benzene rings is 2. The van der Waals surface area contributed by atoms with E-state index in [0.717, 1.165) is 30.3 Å². The normalized spacial score (nSPS) is 11.1. The molecule has 0 fully saturated rings. The summed E-state index contributed by atoms with van der Waals surface area (Å²) in [6.07, 6.45) is 0. The topological polar surface area (TPSA) is 110 Å². The standard InChI is InChI=1S/C12H9FN2O5S/c13-8-2-1-3-10(6-8)21(19,20)14-11-5-4-9(15(17)18)7-12(11)16/h1-7,14,16H. The van der Waals surface area contributed by atoms with E-state index in [-0.39, 0.29) is 16.3 Å². The summed E-state index contributed by atoms with van der Waals surface area (Å²) in [4.78, 5) is 9.46. The summed E-state index contributed by atoms with van der Waals surface area (Å²) in [6.45, 7) is 0. The lowest BCUT2D eigenvalue weighted by Gasteiger charge is -2.09. The van der Waals surface area contributed by atoms with E-state index >= 15 is 0 Å². The van der Waals surface area contributed by atoms with Gasteiger partial charge in [-0.15, -0.1) is 0 Å². The Morgan fingerprint density at radius 2 is 1.90 bits per heavy atom. The van der Waals surface area contributed by atoms with Crippen molar-refractivity contribution < 1.29 is 22.8 Å². The van der Waals surface area contributed by atoms with Crippen LogP contribution in [0.3, 0.4) is 0 Å². The van der Waals surface area contributed by atoms with Gasteiger partial charge in [0.05, 0.1) is 21.6 Å². The van der Waals surface area contributed by atoms with Crippen LogP contribution in [0, 0.1) is 15.9 Å². The van der Waals surface area contributed by atoms with Gasteiger partial charge in [-0.3, -0.25) is 14.8 Å². The number of phenolic OH excluding ortho intramolecular Hbond substituents is 1. The molecule has 0 bridgehead atoms. The van der Waals surface area contributed by atoms with Gasteiger partial charge in [-0.25, -0.2) is 12.8 Å². The van der Waals surface area contributed by atoms with Gasteiger partial charge < -0.3 is 5.11 Å². The van der Waals surface area contributed by atoms with Crippen LogP contribution in [0.1, 0.15) is 0 Å². The van der Waals surface area contributed by atoms with Crippen molar-refractivity contribution in [3.8, 4) is 5.75 Å². The number of hydrogen-bond donors (Lipinski definition) is 2. The van der Waals surface area contributed by atoms with Crippen LogP contribution in [0.15, 0.2) is 47.4 Å². The highest BCUT2D eigenvalue weighted by atomic mass is 32.2. The lowest BCUT2D eigenvalue weighted by Crippen LogP contribution is -2.13. The number of hydrogen-bond acceptors (Lipinski definition) is 5. The first-order valence-corrected chi connectivity index (χ1v) is 7.04. The van der Waals surface area contributed by atoms with Crippen LogP contribution in [0.5, 0.6) is 5.75 Å². The predicted octanol–water partition coefficient (Wildman–Crippen LogP) is 2.24. The quantitative estimate of drug-likeness (QED) is 0.511. The molecule has 7 nitrogen and oxygen atoms in total. The number of non-ortho nitro benzene ring substituents is 1. The second-order valence-corrected chi connectivity index (χ2v) is 5.70. The van der Waals surface area contributed by atoms with E-state index in [9.17, 15) is 28.0 Å². The first-order chi connectivity index (χ1) is 9.79. The van der Waals surface area contributed by atoms with E-state index < -0.39 is 26.5 Å². The number of halogens is 1. The van der Waals surface area contributed by atoms with Crippen LogP contribution in [-0.4, -0.2) is 18.4 Å². The fraction of sp³-hybridized carbons (Fsp3) is 0. The van der Waals surface area contributed by atoms with Gasteiger partial charge in [-0.2, -0.15) is 0 Å². The molecule has 0 aliphatic heterocycles. The third-order valence-corrected chi connectivity index (χ3v) is 3.91. The maximum atomic E-state index is 13.0. The van der Waals surface area contributed by atoms with Gasteiger partial charge in [-0.1, -0.05) is 6.07 Å². The molecule has 0 aliphatic carbocycles. The molecule has 0 spiro atoms. The maximum absolute atomic E-state index is 13.0. The molecule has 2 rings (SSSR count). The minimum atomic E-state index is -4.11. The Morgan fingerprint density at radius 1 is 1.19 bits per heavy atom. The average Bonchev–Trinajstić information content (AvgIpc) is 2.40. The molecule has 21 heavy (non-hydrogen) atoms. The summed E-state index contributed by atoms with van der Waals surface area (Å²) < 4.78 is 39.1. The van der Waals surface area contributed by atoms with Gasteiger partial charge in [-0.05, 0) is 24.3 Å². The SMILES string of the molecule is O=[N+]([O-])c1ccc(NS(=O)(=O)c2cccc(F)c2)c(O)c1. The number of nitro benzene ring substituents is 1. The van der Waals surface area contributed by atoms with Gasteiger partial charge >= 0.3 is 0 Å². The number of rotatable bonds is 4. The Kier molecular flexibility index (Phi) is 3.76.